The summed E-state index contributed by atoms with van der Waals surface area (Å²) in [5, 5.41) is 0. The molecule has 0 unspecified atom stereocenters. The van der Waals surface area contributed by atoms with Crippen molar-refractivity contribution in [2.75, 3.05) is 0 Å². The van der Waals surface area contributed by atoms with E-state index in [1.54, 1.807) is 17.1 Å². The first kappa shape index (κ1) is 13.0. The van der Waals surface area contributed by atoms with Crippen molar-refractivity contribution in [1.82, 2.24) is 4.90 Å². The Morgan fingerprint density at radius 2 is 0.895 bits per heavy atom. The molecule has 1 heteroatoms. The lowest BCUT2D eigenvalue weighted by Crippen LogP contribution is -2.25. The van der Waals surface area contributed by atoms with Crippen molar-refractivity contribution in [2.45, 2.75) is 77.0 Å². The van der Waals surface area contributed by atoms with Crippen molar-refractivity contribution >= 4 is 0 Å². The van der Waals surface area contributed by atoms with Gasteiger partial charge in [0.15, 0.2) is 0 Å². The summed E-state index contributed by atoms with van der Waals surface area (Å²) in [5.41, 5.74) is 4.81. The van der Waals surface area contributed by atoms with E-state index in [4.69, 9.17) is 0 Å². The number of allylic oxidation sites excluding steroid dienone is 6. The molecule has 0 saturated carbocycles. The monoisotopic (exact) mass is 257 g/mol. The third-order valence-electron chi connectivity index (χ3n) is 4.66. The van der Waals surface area contributed by atoms with Crippen LogP contribution in [0.25, 0.3) is 0 Å². The van der Waals surface area contributed by atoms with Gasteiger partial charge in [0, 0.05) is 17.1 Å². The minimum atomic E-state index is 1.28. The lowest BCUT2D eigenvalue weighted by Gasteiger charge is -2.36. The molecule has 0 bridgehead atoms. The second kappa shape index (κ2) is 6.45. The van der Waals surface area contributed by atoms with E-state index in [1.165, 1.54) is 77.0 Å². The minimum Gasteiger partial charge on any atom is -0.323 e. The number of rotatable bonds is 3. The Bertz CT molecular complexity index is 338. The lowest BCUT2D eigenvalue weighted by molar-refractivity contribution is 0.410. The Morgan fingerprint density at radius 3 is 1.16 bits per heavy atom. The van der Waals surface area contributed by atoms with Crippen LogP contribution in [0.1, 0.15) is 77.0 Å². The second-order valence-electron chi connectivity index (χ2n) is 6.16. The molecule has 19 heavy (non-hydrogen) atoms. The van der Waals surface area contributed by atoms with Gasteiger partial charge in [-0.2, -0.15) is 0 Å². The van der Waals surface area contributed by atoms with Gasteiger partial charge in [-0.15, -0.1) is 0 Å². The van der Waals surface area contributed by atoms with Crippen molar-refractivity contribution in [3.8, 4) is 0 Å². The summed E-state index contributed by atoms with van der Waals surface area (Å²) in [6.07, 6.45) is 23.5. The molecule has 0 N–H and O–H groups in total. The minimum absolute atomic E-state index is 1.28. The lowest BCUT2D eigenvalue weighted by atomic mass is 9.96. The van der Waals surface area contributed by atoms with Gasteiger partial charge in [-0.1, -0.05) is 18.2 Å². The molecule has 0 amide bonds. The highest BCUT2D eigenvalue weighted by Gasteiger charge is 2.22. The molecule has 0 atom stereocenters. The van der Waals surface area contributed by atoms with Crippen molar-refractivity contribution < 1.29 is 0 Å². The van der Waals surface area contributed by atoms with Crippen LogP contribution in [0, 0.1) is 0 Å². The maximum Gasteiger partial charge on any atom is 0.0186 e. The van der Waals surface area contributed by atoms with Gasteiger partial charge in [-0.05, 0) is 77.0 Å². The van der Waals surface area contributed by atoms with Crippen LogP contribution in [0.2, 0.25) is 0 Å². The first-order chi connectivity index (χ1) is 9.45. The Morgan fingerprint density at radius 1 is 0.526 bits per heavy atom. The Kier molecular flexibility index (Phi) is 4.42. The van der Waals surface area contributed by atoms with Gasteiger partial charge in [-0.3, -0.25) is 0 Å². The molecule has 0 fully saturated rings. The average molecular weight is 257 g/mol. The molecular formula is C18H27N. The Hall–Kier alpha value is -0.980. The van der Waals surface area contributed by atoms with E-state index >= 15 is 0 Å². The highest BCUT2D eigenvalue weighted by atomic mass is 15.2. The average Bonchev–Trinajstić information content (AvgIpc) is 2.51. The molecule has 0 saturated heterocycles. The van der Waals surface area contributed by atoms with E-state index in [0.29, 0.717) is 0 Å². The molecule has 1 nitrogen and oxygen atoms in total. The molecule has 3 rings (SSSR count). The zero-order chi connectivity index (χ0) is 12.9. The molecule has 0 aliphatic heterocycles. The van der Waals surface area contributed by atoms with Crippen LogP contribution in [0.4, 0.5) is 0 Å². The molecule has 3 aliphatic rings. The summed E-state index contributed by atoms with van der Waals surface area (Å²) >= 11 is 0. The number of nitrogens with zero attached hydrogens (tertiary/aromatic N) is 1. The normalized spacial score (nSPS) is 24.3. The summed E-state index contributed by atoms with van der Waals surface area (Å²) in [4.78, 5) is 2.66. The second-order valence-corrected chi connectivity index (χ2v) is 6.16. The summed E-state index contributed by atoms with van der Waals surface area (Å²) in [6, 6.07) is 0. The molecule has 0 aromatic heterocycles. The van der Waals surface area contributed by atoms with Crippen molar-refractivity contribution in [3.05, 3.63) is 35.3 Å². The SMILES string of the molecule is C1=C(N(C2=CCCCC2)C2=CCCCC2)CCCC1. The standard InChI is InChI=1S/C18H27N/c1-4-10-16(11-5-1)19(17-12-6-2-7-13-17)18-14-8-3-9-15-18/h10,12,14H,1-9,11,13,15H2. The Balaban J connectivity index is 1.87. The van der Waals surface area contributed by atoms with Gasteiger partial charge >= 0.3 is 0 Å². The zero-order valence-corrected chi connectivity index (χ0v) is 12.2. The van der Waals surface area contributed by atoms with E-state index in [-0.39, 0.29) is 0 Å². The molecule has 104 valence electrons. The third-order valence-corrected chi connectivity index (χ3v) is 4.66. The predicted molar refractivity (Wildman–Crippen MR) is 81.5 cm³/mol. The fourth-order valence-electron chi connectivity index (χ4n) is 3.63. The van der Waals surface area contributed by atoms with Gasteiger partial charge in [-0.25, -0.2) is 0 Å². The van der Waals surface area contributed by atoms with E-state index in [1.807, 2.05) is 0 Å². The largest absolute Gasteiger partial charge is 0.323 e. The van der Waals surface area contributed by atoms with Crippen LogP contribution in [0.15, 0.2) is 35.3 Å². The van der Waals surface area contributed by atoms with Crippen molar-refractivity contribution in [1.29, 1.82) is 0 Å². The topological polar surface area (TPSA) is 3.24 Å². The molecule has 0 aromatic carbocycles. The van der Waals surface area contributed by atoms with Crippen LogP contribution in [0.5, 0.6) is 0 Å². The summed E-state index contributed by atoms with van der Waals surface area (Å²) < 4.78 is 0. The molecule has 0 spiro atoms. The van der Waals surface area contributed by atoms with Gasteiger partial charge in [0.1, 0.15) is 0 Å². The first-order valence-corrected chi connectivity index (χ1v) is 8.32. The first-order valence-electron chi connectivity index (χ1n) is 8.32. The summed E-state index contributed by atoms with van der Waals surface area (Å²) in [6.45, 7) is 0. The van der Waals surface area contributed by atoms with E-state index in [0.717, 1.165) is 0 Å². The maximum absolute atomic E-state index is 2.66. The quantitative estimate of drug-likeness (QED) is 0.630. The highest BCUT2D eigenvalue weighted by molar-refractivity contribution is 5.25. The Labute approximate surface area is 118 Å². The highest BCUT2D eigenvalue weighted by Crippen LogP contribution is 2.35. The molecular weight excluding hydrogens is 230 g/mol. The number of hydrogen-bond acceptors (Lipinski definition) is 1. The molecule has 0 aromatic rings. The van der Waals surface area contributed by atoms with Gasteiger partial charge in [0.25, 0.3) is 0 Å². The van der Waals surface area contributed by atoms with Gasteiger partial charge in [0.05, 0.1) is 0 Å². The fourth-order valence-corrected chi connectivity index (χ4v) is 3.63. The van der Waals surface area contributed by atoms with E-state index < -0.39 is 0 Å². The molecule has 3 aliphatic carbocycles. The zero-order valence-electron chi connectivity index (χ0n) is 12.2. The predicted octanol–water partition coefficient (Wildman–Crippen LogP) is 5.66. The molecule has 0 radical (unpaired) electrons. The van der Waals surface area contributed by atoms with Crippen molar-refractivity contribution in [3.63, 3.8) is 0 Å². The summed E-state index contributed by atoms with van der Waals surface area (Å²) in [5.74, 6) is 0. The van der Waals surface area contributed by atoms with Crippen molar-refractivity contribution in [2.24, 2.45) is 0 Å². The van der Waals surface area contributed by atoms with Gasteiger partial charge < -0.3 is 4.90 Å². The van der Waals surface area contributed by atoms with Crippen LogP contribution in [-0.2, 0) is 0 Å². The van der Waals surface area contributed by atoms with Crippen LogP contribution >= 0.6 is 0 Å². The van der Waals surface area contributed by atoms with E-state index in [2.05, 4.69) is 23.1 Å². The third kappa shape index (κ3) is 3.13. The summed E-state index contributed by atoms with van der Waals surface area (Å²) in [7, 11) is 0. The molecule has 0 heterocycles. The van der Waals surface area contributed by atoms with Gasteiger partial charge in [0.2, 0.25) is 0 Å². The van der Waals surface area contributed by atoms with E-state index in [9.17, 15) is 0 Å². The number of hydrogen-bond donors (Lipinski definition) is 0. The van der Waals surface area contributed by atoms with Crippen LogP contribution in [0.3, 0.4) is 0 Å². The smallest absolute Gasteiger partial charge is 0.0186 e. The van der Waals surface area contributed by atoms with Crippen LogP contribution in [-0.4, -0.2) is 4.90 Å². The fraction of sp³-hybridized carbons (Fsp3) is 0.667. The maximum atomic E-state index is 2.66. The van der Waals surface area contributed by atoms with Crippen LogP contribution < -0.4 is 0 Å².